The van der Waals surface area contributed by atoms with Gasteiger partial charge in [0.25, 0.3) is 5.91 Å². The number of nitrogens with one attached hydrogen (secondary N) is 1. The maximum Gasteiger partial charge on any atom is 0.264 e. The van der Waals surface area contributed by atoms with E-state index in [-0.39, 0.29) is 11.3 Å². The molecule has 1 aliphatic rings. The fraction of sp³-hybridized carbons (Fsp3) is 0.727. The van der Waals surface area contributed by atoms with Crippen LogP contribution >= 0.6 is 27.5 Å². The van der Waals surface area contributed by atoms with Gasteiger partial charge in [-0.15, -0.1) is 5.10 Å². The average molecular weight is 318 g/mol. The highest BCUT2D eigenvalue weighted by molar-refractivity contribution is 9.09. The van der Waals surface area contributed by atoms with E-state index < -0.39 is 0 Å². The van der Waals surface area contributed by atoms with Crippen molar-refractivity contribution in [2.45, 2.75) is 32.6 Å². The molecular formula is C11H16BrN3OS. The van der Waals surface area contributed by atoms with Gasteiger partial charge in [-0.3, -0.25) is 4.79 Å². The van der Waals surface area contributed by atoms with Crippen LogP contribution in [0.15, 0.2) is 0 Å². The molecule has 0 unspecified atom stereocenters. The van der Waals surface area contributed by atoms with Gasteiger partial charge in [0.15, 0.2) is 0 Å². The summed E-state index contributed by atoms with van der Waals surface area (Å²) in [6, 6.07) is 0. The van der Waals surface area contributed by atoms with Gasteiger partial charge in [-0.2, -0.15) is 0 Å². The minimum atomic E-state index is -0.0373. The molecule has 1 aliphatic carbocycles. The van der Waals surface area contributed by atoms with Crippen LogP contribution in [0.3, 0.4) is 0 Å². The Hall–Kier alpha value is -0.490. The summed E-state index contributed by atoms with van der Waals surface area (Å²) in [7, 11) is 0. The van der Waals surface area contributed by atoms with E-state index in [2.05, 4.69) is 30.8 Å². The van der Waals surface area contributed by atoms with Gasteiger partial charge < -0.3 is 5.32 Å². The van der Waals surface area contributed by atoms with Crippen molar-refractivity contribution in [2.24, 2.45) is 5.41 Å². The molecule has 94 valence electrons. The zero-order valence-corrected chi connectivity index (χ0v) is 12.2. The molecule has 0 atom stereocenters. The monoisotopic (exact) mass is 317 g/mol. The first kappa shape index (κ1) is 13.0. The van der Waals surface area contributed by atoms with E-state index in [4.69, 9.17) is 0 Å². The van der Waals surface area contributed by atoms with Gasteiger partial charge in [-0.25, -0.2) is 0 Å². The molecule has 6 heteroatoms. The van der Waals surface area contributed by atoms with E-state index in [1.807, 2.05) is 6.92 Å². The van der Waals surface area contributed by atoms with E-state index in [0.29, 0.717) is 10.6 Å². The highest BCUT2D eigenvalue weighted by Crippen LogP contribution is 2.39. The van der Waals surface area contributed by atoms with Crippen LogP contribution in [-0.2, 0) is 0 Å². The Balaban J connectivity index is 1.94. The van der Waals surface area contributed by atoms with Gasteiger partial charge >= 0.3 is 0 Å². The lowest BCUT2D eigenvalue weighted by molar-refractivity contribution is 0.0939. The molecule has 0 aromatic carbocycles. The lowest BCUT2D eigenvalue weighted by Crippen LogP contribution is -2.37. The molecule has 4 nitrogen and oxygen atoms in total. The van der Waals surface area contributed by atoms with Crippen molar-refractivity contribution in [3.8, 4) is 0 Å². The molecule has 1 fully saturated rings. The maximum atomic E-state index is 11.9. The first-order valence-corrected chi connectivity index (χ1v) is 7.69. The van der Waals surface area contributed by atoms with Gasteiger partial charge in [0, 0.05) is 11.9 Å². The molecule has 2 rings (SSSR count). The summed E-state index contributed by atoms with van der Waals surface area (Å²) in [5.41, 5.74) is 0.966. The third kappa shape index (κ3) is 2.85. The third-order valence-corrected chi connectivity index (χ3v) is 5.45. The molecule has 0 saturated heterocycles. The molecule has 0 radical (unpaired) electrons. The van der Waals surface area contributed by atoms with Gasteiger partial charge in [0.2, 0.25) is 0 Å². The number of halogens is 1. The van der Waals surface area contributed by atoms with Crippen LogP contribution in [0, 0.1) is 12.3 Å². The fourth-order valence-corrected chi connectivity index (χ4v) is 3.60. The van der Waals surface area contributed by atoms with Crippen molar-refractivity contribution in [2.75, 3.05) is 11.9 Å². The Morgan fingerprint density at radius 1 is 1.53 bits per heavy atom. The number of amides is 1. The van der Waals surface area contributed by atoms with Crippen molar-refractivity contribution in [1.29, 1.82) is 0 Å². The first-order chi connectivity index (χ1) is 8.17. The summed E-state index contributed by atoms with van der Waals surface area (Å²) in [5, 5.41) is 7.83. The second-order valence-electron chi connectivity index (χ2n) is 4.71. The predicted octanol–water partition coefficient (Wildman–Crippen LogP) is 2.53. The highest BCUT2D eigenvalue weighted by atomic mass is 79.9. The molecule has 1 aromatic rings. The SMILES string of the molecule is Cc1nnsc1C(=O)NCC1(CBr)CCCC1. The van der Waals surface area contributed by atoms with Crippen molar-refractivity contribution in [1.82, 2.24) is 14.9 Å². The van der Waals surface area contributed by atoms with Crippen LogP contribution in [0.4, 0.5) is 0 Å². The fourth-order valence-electron chi connectivity index (χ4n) is 2.27. The van der Waals surface area contributed by atoms with E-state index >= 15 is 0 Å². The Kier molecular flexibility index (Phi) is 4.14. The molecule has 17 heavy (non-hydrogen) atoms. The van der Waals surface area contributed by atoms with Crippen molar-refractivity contribution < 1.29 is 4.79 Å². The van der Waals surface area contributed by atoms with Gasteiger partial charge in [0.05, 0.1) is 5.69 Å². The summed E-state index contributed by atoms with van der Waals surface area (Å²) in [5.74, 6) is -0.0373. The molecule has 1 amide bonds. The highest BCUT2D eigenvalue weighted by Gasteiger charge is 2.33. The van der Waals surface area contributed by atoms with Gasteiger partial charge in [-0.05, 0) is 36.7 Å². The lowest BCUT2D eigenvalue weighted by atomic mass is 9.89. The van der Waals surface area contributed by atoms with Crippen LogP contribution in [0.5, 0.6) is 0 Å². The van der Waals surface area contributed by atoms with E-state index in [0.717, 1.165) is 23.4 Å². The standard InChI is InChI=1S/C11H16BrN3OS/c1-8-9(17-15-14-8)10(16)13-7-11(6-12)4-2-3-5-11/h2-7H2,1H3,(H,13,16). The minimum Gasteiger partial charge on any atom is -0.351 e. The van der Waals surface area contributed by atoms with E-state index in [1.54, 1.807) is 0 Å². The topological polar surface area (TPSA) is 54.9 Å². The number of carbonyl (C=O) groups excluding carboxylic acids is 1. The molecule has 1 saturated carbocycles. The predicted molar refractivity (Wildman–Crippen MR) is 71.7 cm³/mol. The number of hydrogen-bond donors (Lipinski definition) is 1. The Morgan fingerprint density at radius 2 is 2.24 bits per heavy atom. The smallest absolute Gasteiger partial charge is 0.264 e. The van der Waals surface area contributed by atoms with Crippen LogP contribution in [0.2, 0.25) is 0 Å². The average Bonchev–Trinajstić information content (AvgIpc) is 2.95. The summed E-state index contributed by atoms with van der Waals surface area (Å²) < 4.78 is 3.78. The second-order valence-corrected chi connectivity index (χ2v) is 6.03. The Bertz CT molecular complexity index is 401. The molecule has 1 heterocycles. The van der Waals surface area contributed by atoms with Gasteiger partial charge in [0.1, 0.15) is 4.88 Å². The second kappa shape index (κ2) is 5.44. The number of carbonyl (C=O) groups is 1. The normalized spacial score (nSPS) is 18.2. The first-order valence-electron chi connectivity index (χ1n) is 5.80. The van der Waals surface area contributed by atoms with Crippen molar-refractivity contribution in [3.05, 3.63) is 10.6 Å². The molecule has 0 aliphatic heterocycles. The Morgan fingerprint density at radius 3 is 2.76 bits per heavy atom. The Labute approximate surface area is 113 Å². The summed E-state index contributed by atoms with van der Waals surface area (Å²) >= 11 is 4.74. The maximum absolute atomic E-state index is 11.9. The van der Waals surface area contributed by atoms with Crippen molar-refractivity contribution >= 4 is 33.4 Å². The molecule has 1 N–H and O–H groups in total. The number of alkyl halides is 1. The van der Waals surface area contributed by atoms with Crippen LogP contribution in [0.1, 0.15) is 41.0 Å². The lowest BCUT2D eigenvalue weighted by Gasteiger charge is -2.26. The number of aromatic nitrogens is 2. The number of hydrogen-bond acceptors (Lipinski definition) is 4. The van der Waals surface area contributed by atoms with E-state index in [1.165, 1.54) is 25.7 Å². The molecule has 1 aromatic heterocycles. The number of aryl methyl sites for hydroxylation is 1. The van der Waals surface area contributed by atoms with E-state index in [9.17, 15) is 4.79 Å². The van der Waals surface area contributed by atoms with Crippen LogP contribution in [0.25, 0.3) is 0 Å². The largest absolute Gasteiger partial charge is 0.351 e. The van der Waals surface area contributed by atoms with Crippen LogP contribution in [-0.4, -0.2) is 27.4 Å². The molecule has 0 spiro atoms. The molecular weight excluding hydrogens is 302 g/mol. The summed E-state index contributed by atoms with van der Waals surface area (Å²) in [4.78, 5) is 12.6. The quantitative estimate of drug-likeness (QED) is 0.868. The minimum absolute atomic E-state index is 0.0373. The zero-order valence-electron chi connectivity index (χ0n) is 9.83. The molecule has 0 bridgehead atoms. The summed E-state index contributed by atoms with van der Waals surface area (Å²) in [6.07, 6.45) is 4.92. The van der Waals surface area contributed by atoms with Crippen LogP contribution < -0.4 is 5.32 Å². The zero-order chi connectivity index (χ0) is 12.3. The third-order valence-electron chi connectivity index (χ3n) is 3.43. The summed E-state index contributed by atoms with van der Waals surface area (Å²) in [6.45, 7) is 2.56. The number of rotatable bonds is 4. The van der Waals surface area contributed by atoms with Gasteiger partial charge in [-0.1, -0.05) is 33.3 Å². The van der Waals surface area contributed by atoms with Crippen molar-refractivity contribution in [3.63, 3.8) is 0 Å². The number of nitrogens with zero attached hydrogens (tertiary/aromatic N) is 2.